The molecule has 0 aliphatic heterocycles. The van der Waals surface area contributed by atoms with E-state index in [9.17, 15) is 0 Å². The number of hydrogen-bond donors (Lipinski definition) is 1. The summed E-state index contributed by atoms with van der Waals surface area (Å²) in [4.78, 5) is 0. The van der Waals surface area contributed by atoms with E-state index in [0.717, 1.165) is 0 Å². The highest BCUT2D eigenvalue weighted by molar-refractivity contribution is 7.08. The summed E-state index contributed by atoms with van der Waals surface area (Å²) < 4.78 is 0. The fourth-order valence-electron chi connectivity index (χ4n) is 2.34. The van der Waals surface area contributed by atoms with E-state index < -0.39 is 0 Å². The van der Waals surface area contributed by atoms with Crippen LogP contribution in [0.15, 0.2) is 29.0 Å². The Balaban J connectivity index is 2.45. The van der Waals surface area contributed by atoms with E-state index in [0.29, 0.717) is 6.04 Å². The van der Waals surface area contributed by atoms with Crippen LogP contribution in [0.25, 0.3) is 0 Å². The van der Waals surface area contributed by atoms with E-state index in [1.807, 2.05) is 7.05 Å². The molecular formula is C15H19NS. The third-order valence-electron chi connectivity index (χ3n) is 3.07. The van der Waals surface area contributed by atoms with Crippen LogP contribution < -0.4 is 5.32 Å². The van der Waals surface area contributed by atoms with Gasteiger partial charge in [0.05, 0.1) is 6.04 Å². The molecule has 0 fully saturated rings. The molecule has 0 saturated carbocycles. The minimum absolute atomic E-state index is 0.305. The molecule has 0 bridgehead atoms. The molecule has 0 spiro atoms. The van der Waals surface area contributed by atoms with Gasteiger partial charge < -0.3 is 5.32 Å². The Morgan fingerprint density at radius 2 is 1.65 bits per heavy atom. The predicted molar refractivity (Wildman–Crippen MR) is 75.9 cm³/mol. The molecule has 0 radical (unpaired) electrons. The summed E-state index contributed by atoms with van der Waals surface area (Å²) in [5.74, 6) is 0. The summed E-state index contributed by atoms with van der Waals surface area (Å²) in [6.45, 7) is 6.49. The lowest BCUT2D eigenvalue weighted by atomic mass is 9.95. The first kappa shape index (κ1) is 12.3. The first-order chi connectivity index (χ1) is 8.11. The lowest BCUT2D eigenvalue weighted by Gasteiger charge is -2.18. The Labute approximate surface area is 108 Å². The molecule has 90 valence electrons. The monoisotopic (exact) mass is 245 g/mol. The number of benzene rings is 1. The molecule has 0 saturated heterocycles. The maximum absolute atomic E-state index is 3.42. The average Bonchev–Trinajstić information content (AvgIpc) is 2.65. The minimum Gasteiger partial charge on any atom is -0.309 e. The normalized spacial score (nSPS) is 12.7. The number of rotatable bonds is 3. The topological polar surface area (TPSA) is 12.0 Å². The molecule has 0 aliphatic carbocycles. The maximum atomic E-state index is 3.42. The smallest absolute Gasteiger partial charge is 0.0585 e. The van der Waals surface area contributed by atoms with Gasteiger partial charge in [-0.25, -0.2) is 0 Å². The van der Waals surface area contributed by atoms with Crippen LogP contribution in [0.3, 0.4) is 0 Å². The van der Waals surface area contributed by atoms with Crippen molar-refractivity contribution in [3.05, 3.63) is 56.8 Å². The lowest BCUT2D eigenvalue weighted by molar-refractivity contribution is 0.689. The standard InChI is InChI=1S/C15H19NS/c1-10-5-11(2)7-13(6-10)15(16-4)14-9-17-8-12(14)3/h5-9,15-16H,1-4H3. The highest BCUT2D eigenvalue weighted by atomic mass is 32.1. The molecule has 1 aromatic carbocycles. The van der Waals surface area contributed by atoms with Crippen LogP contribution in [-0.4, -0.2) is 7.05 Å². The van der Waals surface area contributed by atoms with Gasteiger partial charge in [-0.3, -0.25) is 0 Å². The summed E-state index contributed by atoms with van der Waals surface area (Å²) in [6.07, 6.45) is 0. The SMILES string of the molecule is CNC(c1cc(C)cc(C)c1)c1cscc1C. The van der Waals surface area contributed by atoms with Gasteiger partial charge in [0.2, 0.25) is 0 Å². The van der Waals surface area contributed by atoms with E-state index in [4.69, 9.17) is 0 Å². The van der Waals surface area contributed by atoms with Gasteiger partial charge in [-0.15, -0.1) is 0 Å². The van der Waals surface area contributed by atoms with Crippen LogP contribution >= 0.6 is 11.3 Å². The van der Waals surface area contributed by atoms with E-state index in [2.05, 4.69) is 55.0 Å². The first-order valence-electron chi connectivity index (χ1n) is 5.90. The van der Waals surface area contributed by atoms with Crippen LogP contribution in [0.4, 0.5) is 0 Å². The predicted octanol–water partition coefficient (Wildman–Crippen LogP) is 3.98. The molecule has 2 heteroatoms. The quantitative estimate of drug-likeness (QED) is 0.862. The Hall–Kier alpha value is -1.12. The summed E-state index contributed by atoms with van der Waals surface area (Å²) in [7, 11) is 2.03. The zero-order chi connectivity index (χ0) is 12.4. The Bertz CT molecular complexity index is 493. The van der Waals surface area contributed by atoms with E-state index in [1.54, 1.807) is 11.3 Å². The van der Waals surface area contributed by atoms with Crippen LogP contribution in [0.5, 0.6) is 0 Å². The number of hydrogen-bond acceptors (Lipinski definition) is 2. The van der Waals surface area contributed by atoms with Gasteiger partial charge in [0.25, 0.3) is 0 Å². The molecule has 2 rings (SSSR count). The Morgan fingerprint density at radius 1 is 1.00 bits per heavy atom. The van der Waals surface area contributed by atoms with Crippen molar-refractivity contribution in [3.63, 3.8) is 0 Å². The molecule has 1 unspecified atom stereocenters. The van der Waals surface area contributed by atoms with Gasteiger partial charge in [0.1, 0.15) is 0 Å². The van der Waals surface area contributed by atoms with Gasteiger partial charge in [-0.05, 0) is 55.3 Å². The minimum atomic E-state index is 0.305. The van der Waals surface area contributed by atoms with E-state index in [-0.39, 0.29) is 0 Å². The summed E-state index contributed by atoms with van der Waals surface area (Å²) in [6, 6.07) is 7.06. The second-order valence-electron chi connectivity index (χ2n) is 4.65. The van der Waals surface area contributed by atoms with Gasteiger partial charge >= 0.3 is 0 Å². The number of thiophene rings is 1. The second kappa shape index (κ2) is 5.03. The van der Waals surface area contributed by atoms with Gasteiger partial charge in [0.15, 0.2) is 0 Å². The fraction of sp³-hybridized carbons (Fsp3) is 0.333. The van der Waals surface area contributed by atoms with E-state index >= 15 is 0 Å². The third kappa shape index (κ3) is 2.59. The number of nitrogens with one attached hydrogen (secondary N) is 1. The molecular weight excluding hydrogens is 226 g/mol. The molecule has 0 aliphatic rings. The zero-order valence-electron chi connectivity index (χ0n) is 10.9. The molecule has 1 atom stereocenters. The van der Waals surface area contributed by atoms with Crippen molar-refractivity contribution < 1.29 is 0 Å². The maximum Gasteiger partial charge on any atom is 0.0585 e. The molecule has 1 nitrogen and oxygen atoms in total. The van der Waals surface area contributed by atoms with Crippen molar-refractivity contribution in [3.8, 4) is 0 Å². The van der Waals surface area contributed by atoms with Crippen molar-refractivity contribution in [2.24, 2.45) is 0 Å². The molecule has 1 heterocycles. The van der Waals surface area contributed by atoms with Gasteiger partial charge in [-0.2, -0.15) is 11.3 Å². The molecule has 2 aromatic rings. The molecule has 0 amide bonds. The first-order valence-corrected chi connectivity index (χ1v) is 6.84. The largest absolute Gasteiger partial charge is 0.309 e. The zero-order valence-corrected chi connectivity index (χ0v) is 11.7. The lowest BCUT2D eigenvalue weighted by Crippen LogP contribution is -2.18. The van der Waals surface area contributed by atoms with Crippen LogP contribution in [0.1, 0.15) is 33.9 Å². The van der Waals surface area contributed by atoms with Gasteiger partial charge in [0, 0.05) is 0 Å². The summed E-state index contributed by atoms with van der Waals surface area (Å²) in [5.41, 5.74) is 6.77. The van der Waals surface area contributed by atoms with Crippen molar-refractivity contribution >= 4 is 11.3 Å². The number of aryl methyl sites for hydroxylation is 3. The third-order valence-corrected chi connectivity index (χ3v) is 3.95. The fourth-order valence-corrected chi connectivity index (χ4v) is 3.22. The highest BCUT2D eigenvalue weighted by Gasteiger charge is 2.15. The van der Waals surface area contributed by atoms with Crippen molar-refractivity contribution in [1.82, 2.24) is 5.32 Å². The molecule has 1 N–H and O–H groups in total. The Morgan fingerprint density at radius 3 is 2.12 bits per heavy atom. The van der Waals surface area contributed by atoms with Crippen molar-refractivity contribution in [2.75, 3.05) is 7.05 Å². The highest BCUT2D eigenvalue weighted by Crippen LogP contribution is 2.28. The Kier molecular flexibility index (Phi) is 3.65. The molecule has 1 aromatic heterocycles. The summed E-state index contributed by atoms with van der Waals surface area (Å²) in [5, 5.41) is 7.88. The van der Waals surface area contributed by atoms with Crippen LogP contribution in [-0.2, 0) is 0 Å². The molecule has 17 heavy (non-hydrogen) atoms. The average molecular weight is 245 g/mol. The van der Waals surface area contributed by atoms with Crippen molar-refractivity contribution in [2.45, 2.75) is 26.8 Å². The van der Waals surface area contributed by atoms with Gasteiger partial charge in [-0.1, -0.05) is 29.3 Å². The second-order valence-corrected chi connectivity index (χ2v) is 5.40. The van der Waals surface area contributed by atoms with E-state index in [1.165, 1.54) is 27.8 Å². The van der Waals surface area contributed by atoms with Crippen LogP contribution in [0.2, 0.25) is 0 Å². The summed E-state index contributed by atoms with van der Waals surface area (Å²) >= 11 is 1.77. The van der Waals surface area contributed by atoms with Crippen molar-refractivity contribution in [1.29, 1.82) is 0 Å². The van der Waals surface area contributed by atoms with Crippen LogP contribution in [0, 0.1) is 20.8 Å².